The van der Waals surface area contributed by atoms with Gasteiger partial charge in [-0.25, -0.2) is 4.99 Å². The lowest BCUT2D eigenvalue weighted by Crippen LogP contribution is -2.28. The molecule has 0 unspecified atom stereocenters. The van der Waals surface area contributed by atoms with Crippen molar-refractivity contribution in [1.29, 1.82) is 0 Å². The lowest BCUT2D eigenvalue weighted by atomic mass is 9.85. The molecule has 2 aromatic rings. The molecule has 1 aliphatic carbocycles. The van der Waals surface area contributed by atoms with Crippen LogP contribution in [0.5, 0.6) is 0 Å². The Morgan fingerprint density at radius 2 is 1.81 bits per heavy atom. The highest BCUT2D eigenvalue weighted by atomic mass is 127. The van der Waals surface area contributed by atoms with Gasteiger partial charge >= 0.3 is 0 Å². The van der Waals surface area contributed by atoms with Gasteiger partial charge in [-0.2, -0.15) is 0 Å². The maximum atomic E-state index is 12.0. The van der Waals surface area contributed by atoms with E-state index in [9.17, 15) is 4.79 Å². The van der Waals surface area contributed by atoms with Crippen LogP contribution in [-0.2, 0) is 11.3 Å². The summed E-state index contributed by atoms with van der Waals surface area (Å²) >= 11 is 0. The molecule has 1 fully saturated rings. The van der Waals surface area contributed by atoms with Crippen LogP contribution in [0.4, 0.5) is 11.4 Å². The van der Waals surface area contributed by atoms with Gasteiger partial charge in [0.1, 0.15) is 0 Å². The number of benzene rings is 2. The van der Waals surface area contributed by atoms with E-state index in [0.29, 0.717) is 12.5 Å². The van der Waals surface area contributed by atoms with Crippen LogP contribution in [-0.4, -0.2) is 11.9 Å². The molecular formula is C20H25IN4O. The summed E-state index contributed by atoms with van der Waals surface area (Å²) in [6.45, 7) is 2.49. The van der Waals surface area contributed by atoms with Crippen molar-refractivity contribution in [2.45, 2.75) is 32.7 Å². The summed E-state index contributed by atoms with van der Waals surface area (Å²) in [5.74, 6) is 0.665. The Hall–Kier alpha value is -2.09. The number of rotatable bonds is 5. The van der Waals surface area contributed by atoms with Crippen molar-refractivity contribution in [3.05, 3.63) is 59.7 Å². The largest absolute Gasteiger partial charge is 0.370 e. The molecule has 1 amide bonds. The third-order valence-corrected chi connectivity index (χ3v) is 4.39. The number of carbonyl (C=O) groups is 1. The molecule has 0 aromatic heterocycles. The van der Waals surface area contributed by atoms with Crippen molar-refractivity contribution >= 4 is 47.2 Å². The zero-order valence-corrected chi connectivity index (χ0v) is 17.2. The Kier molecular flexibility index (Phi) is 7.44. The first kappa shape index (κ1) is 20.2. The minimum absolute atomic E-state index is 0. The van der Waals surface area contributed by atoms with Crippen molar-refractivity contribution < 1.29 is 4.79 Å². The van der Waals surface area contributed by atoms with Crippen LogP contribution < -0.4 is 16.4 Å². The highest BCUT2D eigenvalue weighted by molar-refractivity contribution is 14.0. The second-order valence-corrected chi connectivity index (χ2v) is 6.51. The van der Waals surface area contributed by atoms with Gasteiger partial charge in [0, 0.05) is 17.3 Å². The fourth-order valence-electron chi connectivity index (χ4n) is 2.75. The first-order chi connectivity index (χ1) is 12.1. The van der Waals surface area contributed by atoms with Gasteiger partial charge < -0.3 is 16.4 Å². The van der Waals surface area contributed by atoms with Crippen LogP contribution in [0.25, 0.3) is 0 Å². The first-order valence-corrected chi connectivity index (χ1v) is 8.63. The number of halogens is 1. The normalized spacial score (nSPS) is 14.1. The van der Waals surface area contributed by atoms with E-state index in [0.717, 1.165) is 41.8 Å². The van der Waals surface area contributed by atoms with Crippen molar-refractivity contribution in [3.8, 4) is 0 Å². The molecule has 1 saturated carbocycles. The number of hydrogen-bond acceptors (Lipinski definition) is 2. The maximum absolute atomic E-state index is 12.0. The molecule has 6 heteroatoms. The smallest absolute Gasteiger partial charge is 0.227 e. The van der Waals surface area contributed by atoms with Gasteiger partial charge in [0.05, 0.1) is 6.54 Å². The molecule has 138 valence electrons. The number of nitrogens with zero attached hydrogens (tertiary/aromatic N) is 1. The Morgan fingerprint density at radius 1 is 1.12 bits per heavy atom. The highest BCUT2D eigenvalue weighted by Crippen LogP contribution is 2.27. The van der Waals surface area contributed by atoms with E-state index in [-0.39, 0.29) is 35.8 Å². The number of amides is 1. The van der Waals surface area contributed by atoms with Crippen molar-refractivity contribution in [1.82, 2.24) is 0 Å². The van der Waals surface area contributed by atoms with Crippen molar-refractivity contribution in [2.75, 3.05) is 10.6 Å². The highest BCUT2D eigenvalue weighted by Gasteiger charge is 2.25. The summed E-state index contributed by atoms with van der Waals surface area (Å²) in [5, 5.41) is 6.07. The molecule has 0 radical (unpaired) electrons. The average Bonchev–Trinajstić information content (AvgIpc) is 2.51. The monoisotopic (exact) mass is 464 g/mol. The number of aliphatic imine (C=N–C) groups is 1. The van der Waals surface area contributed by atoms with Gasteiger partial charge in [-0.1, -0.05) is 30.7 Å². The van der Waals surface area contributed by atoms with Crippen LogP contribution in [0.1, 0.15) is 30.4 Å². The molecule has 0 saturated heterocycles. The molecule has 5 nitrogen and oxygen atoms in total. The van der Waals surface area contributed by atoms with E-state index in [4.69, 9.17) is 5.73 Å². The Morgan fingerprint density at radius 3 is 2.46 bits per heavy atom. The first-order valence-electron chi connectivity index (χ1n) is 8.63. The zero-order valence-electron chi connectivity index (χ0n) is 14.9. The molecule has 0 heterocycles. The summed E-state index contributed by atoms with van der Waals surface area (Å²) in [6, 6.07) is 15.7. The summed E-state index contributed by atoms with van der Waals surface area (Å²) < 4.78 is 0. The summed E-state index contributed by atoms with van der Waals surface area (Å²) in [6.07, 6.45) is 3.15. The van der Waals surface area contributed by atoms with Crippen LogP contribution in [0.2, 0.25) is 0 Å². The predicted octanol–water partition coefficient (Wildman–Crippen LogP) is 4.28. The second kappa shape index (κ2) is 9.56. The predicted molar refractivity (Wildman–Crippen MR) is 118 cm³/mol. The number of carbonyl (C=O) groups excluding carboxylic acids is 1. The fraction of sp³-hybridized carbons (Fsp3) is 0.300. The van der Waals surface area contributed by atoms with E-state index < -0.39 is 0 Å². The Bertz CT molecular complexity index is 787. The van der Waals surface area contributed by atoms with E-state index in [1.165, 1.54) is 0 Å². The van der Waals surface area contributed by atoms with Crippen LogP contribution >= 0.6 is 24.0 Å². The van der Waals surface area contributed by atoms with Crippen LogP contribution in [0, 0.1) is 12.8 Å². The molecule has 0 bridgehead atoms. The number of guanidine groups is 1. The van der Waals surface area contributed by atoms with Gasteiger partial charge in [0.15, 0.2) is 5.96 Å². The third kappa shape index (κ3) is 5.72. The molecule has 4 N–H and O–H groups in total. The molecule has 3 rings (SSSR count). The summed E-state index contributed by atoms with van der Waals surface area (Å²) in [7, 11) is 0. The van der Waals surface area contributed by atoms with E-state index in [1.807, 2.05) is 55.5 Å². The summed E-state index contributed by atoms with van der Waals surface area (Å²) in [5.41, 5.74) is 9.85. The molecule has 26 heavy (non-hydrogen) atoms. The van der Waals surface area contributed by atoms with Gasteiger partial charge in [-0.05, 0) is 55.2 Å². The third-order valence-electron chi connectivity index (χ3n) is 4.39. The number of hydrogen-bond donors (Lipinski definition) is 3. The number of nitrogens with one attached hydrogen (secondary N) is 2. The van der Waals surface area contributed by atoms with Crippen LogP contribution in [0.15, 0.2) is 53.5 Å². The molecule has 0 atom stereocenters. The zero-order chi connectivity index (χ0) is 17.6. The molecule has 1 aliphatic rings. The van der Waals surface area contributed by atoms with Crippen molar-refractivity contribution in [3.63, 3.8) is 0 Å². The Labute approximate surface area is 171 Å². The SMILES string of the molecule is Cc1cccc(NC(N)=NCc2cccc(NC(=O)C3CCC3)c2)c1.I. The van der Waals surface area contributed by atoms with Crippen LogP contribution in [0.3, 0.4) is 0 Å². The number of nitrogens with two attached hydrogens (primary N) is 1. The minimum Gasteiger partial charge on any atom is -0.370 e. The standard InChI is InChI=1S/C20H24N4O.HI/c1-14-5-2-9-17(11-14)24-20(21)22-13-15-6-3-10-18(12-15)23-19(25)16-7-4-8-16;/h2-3,5-6,9-12,16H,4,7-8,13H2,1H3,(H,23,25)(H3,21,22,24);1H. The fourth-order valence-corrected chi connectivity index (χ4v) is 2.75. The van der Waals surface area contributed by atoms with E-state index in [1.54, 1.807) is 0 Å². The van der Waals surface area contributed by atoms with E-state index in [2.05, 4.69) is 15.6 Å². The molecule has 0 spiro atoms. The molecular weight excluding hydrogens is 439 g/mol. The second-order valence-electron chi connectivity index (χ2n) is 6.51. The quantitative estimate of drug-likeness (QED) is 0.351. The lowest BCUT2D eigenvalue weighted by Gasteiger charge is -2.24. The molecule has 2 aromatic carbocycles. The van der Waals surface area contributed by atoms with Gasteiger partial charge in [0.25, 0.3) is 0 Å². The number of anilines is 2. The summed E-state index contributed by atoms with van der Waals surface area (Å²) in [4.78, 5) is 16.4. The average molecular weight is 464 g/mol. The Balaban J connectivity index is 0.00000243. The van der Waals surface area contributed by atoms with Gasteiger partial charge in [-0.15, -0.1) is 24.0 Å². The molecule has 0 aliphatic heterocycles. The van der Waals surface area contributed by atoms with E-state index >= 15 is 0 Å². The minimum atomic E-state index is 0. The lowest BCUT2D eigenvalue weighted by molar-refractivity contribution is -0.122. The number of aryl methyl sites for hydroxylation is 1. The van der Waals surface area contributed by atoms with Gasteiger partial charge in [-0.3, -0.25) is 4.79 Å². The van der Waals surface area contributed by atoms with Crippen molar-refractivity contribution in [2.24, 2.45) is 16.6 Å². The topological polar surface area (TPSA) is 79.5 Å². The maximum Gasteiger partial charge on any atom is 0.227 e. The van der Waals surface area contributed by atoms with Gasteiger partial charge in [0.2, 0.25) is 5.91 Å².